The Labute approximate surface area is 141 Å². The van der Waals surface area contributed by atoms with E-state index in [2.05, 4.69) is 42.5 Å². The maximum atomic E-state index is 2.74. The van der Waals surface area contributed by atoms with Crippen molar-refractivity contribution in [2.24, 2.45) is 5.92 Å². The standard InChI is InChI=1S/C15H31N3.2C2H6/c1-5-7-17-9-10-18(15(2,3)13-17)12-14-6-8-16(4)11-14;2*1-2/h14H,5-13H2,1-4H3;2*1-2H3. The van der Waals surface area contributed by atoms with Crippen LogP contribution in [0.3, 0.4) is 0 Å². The van der Waals surface area contributed by atoms with Gasteiger partial charge in [0.25, 0.3) is 0 Å². The zero-order valence-corrected chi connectivity index (χ0v) is 16.8. The lowest BCUT2D eigenvalue weighted by atomic mass is 9.96. The Kier molecular flexibility index (Phi) is 11.4. The second-order valence-electron chi connectivity index (χ2n) is 6.95. The molecule has 1 atom stereocenters. The van der Waals surface area contributed by atoms with Crippen LogP contribution in [0, 0.1) is 5.92 Å². The molecule has 0 saturated carbocycles. The highest BCUT2D eigenvalue weighted by molar-refractivity contribution is 4.92. The third kappa shape index (κ3) is 6.97. The molecule has 134 valence electrons. The molecular formula is C19H43N3. The van der Waals surface area contributed by atoms with Crippen molar-refractivity contribution in [3.05, 3.63) is 0 Å². The number of rotatable bonds is 4. The van der Waals surface area contributed by atoms with Gasteiger partial charge in [0.05, 0.1) is 0 Å². The van der Waals surface area contributed by atoms with Gasteiger partial charge in [-0.05, 0) is 52.7 Å². The van der Waals surface area contributed by atoms with Crippen molar-refractivity contribution < 1.29 is 0 Å². The third-order valence-electron chi connectivity index (χ3n) is 4.66. The summed E-state index contributed by atoms with van der Waals surface area (Å²) in [5, 5.41) is 0. The predicted octanol–water partition coefficient (Wildman–Crippen LogP) is 3.80. The van der Waals surface area contributed by atoms with E-state index in [1.165, 1.54) is 58.7 Å². The van der Waals surface area contributed by atoms with E-state index >= 15 is 0 Å². The molecule has 2 heterocycles. The van der Waals surface area contributed by atoms with Gasteiger partial charge in [0.1, 0.15) is 0 Å². The van der Waals surface area contributed by atoms with Crippen LogP contribution in [0.25, 0.3) is 0 Å². The monoisotopic (exact) mass is 313 g/mol. The van der Waals surface area contributed by atoms with Gasteiger partial charge in [-0.25, -0.2) is 0 Å². The fraction of sp³-hybridized carbons (Fsp3) is 1.00. The van der Waals surface area contributed by atoms with Gasteiger partial charge in [0.2, 0.25) is 0 Å². The van der Waals surface area contributed by atoms with Gasteiger partial charge in [-0.1, -0.05) is 34.6 Å². The Bertz CT molecular complexity index is 265. The van der Waals surface area contributed by atoms with Crippen molar-refractivity contribution in [3.8, 4) is 0 Å². The summed E-state index contributed by atoms with van der Waals surface area (Å²) in [4.78, 5) is 7.85. The van der Waals surface area contributed by atoms with E-state index in [1.54, 1.807) is 0 Å². The van der Waals surface area contributed by atoms with Crippen molar-refractivity contribution in [2.75, 3.05) is 52.9 Å². The second-order valence-corrected chi connectivity index (χ2v) is 6.95. The second kappa shape index (κ2) is 11.4. The van der Waals surface area contributed by atoms with Gasteiger partial charge in [-0.3, -0.25) is 4.90 Å². The molecule has 2 rings (SSSR count). The first-order chi connectivity index (χ1) is 10.5. The highest BCUT2D eigenvalue weighted by Gasteiger charge is 2.35. The fourth-order valence-electron chi connectivity index (χ4n) is 3.62. The summed E-state index contributed by atoms with van der Waals surface area (Å²) in [6, 6.07) is 0. The molecule has 0 aromatic carbocycles. The molecule has 0 amide bonds. The molecule has 0 N–H and O–H groups in total. The van der Waals surface area contributed by atoms with E-state index in [0.717, 1.165) is 5.92 Å². The normalized spacial score (nSPS) is 25.9. The van der Waals surface area contributed by atoms with Crippen LogP contribution in [-0.4, -0.2) is 73.1 Å². The topological polar surface area (TPSA) is 9.72 Å². The van der Waals surface area contributed by atoms with Gasteiger partial charge in [0, 0.05) is 38.3 Å². The fourth-order valence-corrected chi connectivity index (χ4v) is 3.62. The number of nitrogens with zero attached hydrogens (tertiary/aromatic N) is 3. The van der Waals surface area contributed by atoms with Gasteiger partial charge in [-0.2, -0.15) is 0 Å². The lowest BCUT2D eigenvalue weighted by Crippen LogP contribution is -2.60. The highest BCUT2D eigenvalue weighted by atomic mass is 15.3. The molecule has 3 nitrogen and oxygen atoms in total. The number of hydrogen-bond donors (Lipinski definition) is 0. The van der Waals surface area contributed by atoms with Gasteiger partial charge in [-0.15, -0.1) is 0 Å². The summed E-state index contributed by atoms with van der Waals surface area (Å²) in [7, 11) is 2.25. The summed E-state index contributed by atoms with van der Waals surface area (Å²) in [6.45, 7) is 24.1. The number of piperazine rings is 1. The summed E-state index contributed by atoms with van der Waals surface area (Å²) in [6.07, 6.45) is 2.67. The molecule has 0 aliphatic carbocycles. The SMILES string of the molecule is CC.CC.CCCN1CCN(CC2CCN(C)C2)C(C)(C)C1. The number of hydrogen-bond acceptors (Lipinski definition) is 3. The van der Waals surface area contributed by atoms with Gasteiger partial charge in [0.15, 0.2) is 0 Å². The van der Waals surface area contributed by atoms with E-state index in [1.807, 2.05) is 27.7 Å². The minimum Gasteiger partial charge on any atom is -0.306 e. The van der Waals surface area contributed by atoms with Crippen LogP contribution < -0.4 is 0 Å². The summed E-state index contributed by atoms with van der Waals surface area (Å²) < 4.78 is 0. The van der Waals surface area contributed by atoms with Crippen molar-refractivity contribution in [3.63, 3.8) is 0 Å². The summed E-state index contributed by atoms with van der Waals surface area (Å²) in [5.74, 6) is 0.895. The first-order valence-corrected chi connectivity index (χ1v) is 9.67. The molecule has 0 bridgehead atoms. The molecule has 0 aromatic heterocycles. The Hall–Kier alpha value is -0.120. The van der Waals surface area contributed by atoms with Crippen LogP contribution in [-0.2, 0) is 0 Å². The van der Waals surface area contributed by atoms with Crippen LogP contribution >= 0.6 is 0 Å². The molecule has 0 radical (unpaired) electrons. The maximum Gasteiger partial charge on any atom is 0.0280 e. The van der Waals surface area contributed by atoms with E-state index < -0.39 is 0 Å². The van der Waals surface area contributed by atoms with Crippen LogP contribution in [0.4, 0.5) is 0 Å². The molecular weight excluding hydrogens is 270 g/mol. The van der Waals surface area contributed by atoms with Crippen molar-refractivity contribution in [2.45, 2.75) is 66.8 Å². The van der Waals surface area contributed by atoms with Crippen molar-refractivity contribution >= 4 is 0 Å². The van der Waals surface area contributed by atoms with Crippen molar-refractivity contribution in [1.82, 2.24) is 14.7 Å². The zero-order chi connectivity index (χ0) is 17.2. The maximum absolute atomic E-state index is 2.74. The Morgan fingerprint density at radius 2 is 1.64 bits per heavy atom. The Morgan fingerprint density at radius 1 is 1.00 bits per heavy atom. The zero-order valence-electron chi connectivity index (χ0n) is 16.8. The molecule has 22 heavy (non-hydrogen) atoms. The summed E-state index contributed by atoms with van der Waals surface area (Å²) in [5.41, 5.74) is 0.356. The van der Waals surface area contributed by atoms with Gasteiger partial charge >= 0.3 is 0 Å². The minimum atomic E-state index is 0.356. The lowest BCUT2D eigenvalue weighted by molar-refractivity contribution is 0.0103. The van der Waals surface area contributed by atoms with Crippen LogP contribution in [0.2, 0.25) is 0 Å². The van der Waals surface area contributed by atoms with Crippen LogP contribution in [0.5, 0.6) is 0 Å². The van der Waals surface area contributed by atoms with Gasteiger partial charge < -0.3 is 9.80 Å². The van der Waals surface area contributed by atoms with Crippen molar-refractivity contribution in [1.29, 1.82) is 0 Å². The van der Waals surface area contributed by atoms with Crippen LogP contribution in [0.1, 0.15) is 61.3 Å². The first-order valence-electron chi connectivity index (χ1n) is 9.67. The van der Waals surface area contributed by atoms with E-state index in [-0.39, 0.29) is 0 Å². The summed E-state index contributed by atoms with van der Waals surface area (Å²) >= 11 is 0. The molecule has 0 spiro atoms. The van der Waals surface area contributed by atoms with Crippen LogP contribution in [0.15, 0.2) is 0 Å². The largest absolute Gasteiger partial charge is 0.306 e. The van der Waals surface area contributed by atoms with E-state index in [9.17, 15) is 0 Å². The molecule has 0 aromatic rings. The molecule has 2 fully saturated rings. The first kappa shape index (κ1) is 21.9. The Morgan fingerprint density at radius 3 is 2.09 bits per heavy atom. The average molecular weight is 314 g/mol. The molecule has 3 heteroatoms. The number of likely N-dealkylation sites (tertiary alicyclic amines) is 1. The predicted molar refractivity (Wildman–Crippen MR) is 101 cm³/mol. The smallest absolute Gasteiger partial charge is 0.0280 e. The van der Waals surface area contributed by atoms with E-state index in [4.69, 9.17) is 0 Å². The Balaban J connectivity index is 0.00000102. The molecule has 1 unspecified atom stereocenters. The molecule has 2 aliphatic heterocycles. The quantitative estimate of drug-likeness (QED) is 0.782. The molecule has 2 saturated heterocycles. The minimum absolute atomic E-state index is 0.356. The molecule has 2 aliphatic rings. The average Bonchev–Trinajstić information content (AvgIpc) is 2.91. The van der Waals surface area contributed by atoms with E-state index in [0.29, 0.717) is 5.54 Å². The highest BCUT2D eigenvalue weighted by Crippen LogP contribution is 2.25. The third-order valence-corrected chi connectivity index (χ3v) is 4.66. The lowest BCUT2D eigenvalue weighted by Gasteiger charge is -2.48.